The highest BCUT2D eigenvalue weighted by Gasteiger charge is 2.11. The highest BCUT2D eigenvalue weighted by molar-refractivity contribution is 6.29. The van der Waals surface area contributed by atoms with Crippen LogP contribution in [0.1, 0.15) is 24.4 Å². The van der Waals surface area contributed by atoms with Crippen LogP contribution in [0.3, 0.4) is 0 Å². The lowest BCUT2D eigenvalue weighted by Crippen LogP contribution is -2.10. The first-order valence-corrected chi connectivity index (χ1v) is 5.96. The SMILES string of the molecule is Cc1nc(Cl)cc(NC(C)c2ccccc2F)n1. The van der Waals surface area contributed by atoms with Crippen molar-refractivity contribution in [1.82, 2.24) is 9.97 Å². The fourth-order valence-electron chi connectivity index (χ4n) is 1.73. The standard InChI is InChI=1S/C13H13ClFN3/c1-8(10-5-3-4-6-11(10)15)16-13-7-12(14)17-9(2)18-13/h3-8H,1-2H3,(H,16,17,18). The van der Waals surface area contributed by atoms with E-state index in [0.717, 1.165) is 0 Å². The normalized spacial score (nSPS) is 12.2. The predicted octanol–water partition coefficient (Wildman–Crippen LogP) is 3.75. The number of nitrogens with zero attached hydrogens (tertiary/aromatic N) is 2. The number of hydrogen-bond acceptors (Lipinski definition) is 3. The van der Waals surface area contributed by atoms with Gasteiger partial charge in [-0.15, -0.1) is 0 Å². The first-order valence-electron chi connectivity index (χ1n) is 5.58. The average Bonchev–Trinajstić information content (AvgIpc) is 2.27. The quantitative estimate of drug-likeness (QED) is 0.859. The lowest BCUT2D eigenvalue weighted by atomic mass is 10.1. The molecule has 0 aliphatic heterocycles. The van der Waals surface area contributed by atoms with Crippen LogP contribution >= 0.6 is 11.6 Å². The zero-order valence-electron chi connectivity index (χ0n) is 10.1. The molecule has 0 aliphatic rings. The molecule has 3 nitrogen and oxygen atoms in total. The molecule has 0 bridgehead atoms. The number of halogens is 2. The van der Waals surface area contributed by atoms with Gasteiger partial charge in [0.25, 0.3) is 0 Å². The summed E-state index contributed by atoms with van der Waals surface area (Å²) in [6, 6.07) is 8.06. The molecule has 0 saturated carbocycles. The molecule has 1 aromatic carbocycles. The minimum Gasteiger partial charge on any atom is -0.363 e. The fourth-order valence-corrected chi connectivity index (χ4v) is 1.96. The van der Waals surface area contributed by atoms with Crippen LogP contribution in [-0.4, -0.2) is 9.97 Å². The average molecular weight is 266 g/mol. The van der Waals surface area contributed by atoms with Crippen LogP contribution in [0.25, 0.3) is 0 Å². The second kappa shape index (κ2) is 5.31. The Morgan fingerprint density at radius 3 is 2.67 bits per heavy atom. The smallest absolute Gasteiger partial charge is 0.134 e. The van der Waals surface area contributed by atoms with Gasteiger partial charge in [-0.25, -0.2) is 14.4 Å². The van der Waals surface area contributed by atoms with Crippen LogP contribution in [-0.2, 0) is 0 Å². The van der Waals surface area contributed by atoms with Crippen LogP contribution in [0.5, 0.6) is 0 Å². The second-order valence-corrected chi connectivity index (χ2v) is 4.40. The van der Waals surface area contributed by atoms with Gasteiger partial charge in [-0.3, -0.25) is 0 Å². The molecule has 18 heavy (non-hydrogen) atoms. The van der Waals surface area contributed by atoms with Crippen molar-refractivity contribution in [3.05, 3.63) is 52.7 Å². The van der Waals surface area contributed by atoms with Gasteiger partial charge in [0, 0.05) is 11.6 Å². The number of anilines is 1. The van der Waals surface area contributed by atoms with Gasteiger partial charge >= 0.3 is 0 Å². The summed E-state index contributed by atoms with van der Waals surface area (Å²) in [5, 5.41) is 3.47. The lowest BCUT2D eigenvalue weighted by molar-refractivity contribution is 0.600. The van der Waals surface area contributed by atoms with Crippen molar-refractivity contribution in [3.8, 4) is 0 Å². The molecular formula is C13H13ClFN3. The van der Waals surface area contributed by atoms with E-state index in [1.807, 2.05) is 6.92 Å². The summed E-state index contributed by atoms with van der Waals surface area (Å²) >= 11 is 5.85. The van der Waals surface area contributed by atoms with Crippen molar-refractivity contribution in [3.63, 3.8) is 0 Å². The van der Waals surface area contributed by atoms with E-state index in [2.05, 4.69) is 15.3 Å². The van der Waals surface area contributed by atoms with Crippen LogP contribution in [0.2, 0.25) is 5.15 Å². The summed E-state index contributed by atoms with van der Waals surface area (Å²) in [6.45, 7) is 3.62. The molecule has 1 N–H and O–H groups in total. The van der Waals surface area contributed by atoms with Crippen LogP contribution in [0, 0.1) is 12.7 Å². The first kappa shape index (κ1) is 12.8. The van der Waals surface area contributed by atoms with Crippen molar-refractivity contribution in [2.45, 2.75) is 19.9 Å². The number of aryl methyl sites for hydroxylation is 1. The predicted molar refractivity (Wildman–Crippen MR) is 70.2 cm³/mol. The maximum atomic E-state index is 13.6. The summed E-state index contributed by atoms with van der Waals surface area (Å²) in [7, 11) is 0. The third-order valence-corrected chi connectivity index (χ3v) is 2.74. The lowest BCUT2D eigenvalue weighted by Gasteiger charge is -2.15. The molecule has 0 aliphatic carbocycles. The molecule has 94 valence electrons. The molecular weight excluding hydrogens is 253 g/mol. The molecule has 2 aromatic rings. The van der Waals surface area contributed by atoms with E-state index in [4.69, 9.17) is 11.6 Å². The highest BCUT2D eigenvalue weighted by Crippen LogP contribution is 2.21. The molecule has 1 unspecified atom stereocenters. The summed E-state index contributed by atoms with van der Waals surface area (Å²) in [4.78, 5) is 8.17. The third-order valence-electron chi connectivity index (χ3n) is 2.54. The summed E-state index contributed by atoms with van der Waals surface area (Å²) in [6.07, 6.45) is 0. The molecule has 0 amide bonds. The van der Waals surface area contributed by atoms with Gasteiger partial charge in [0.2, 0.25) is 0 Å². The van der Waals surface area contributed by atoms with Gasteiger partial charge in [-0.2, -0.15) is 0 Å². The minimum absolute atomic E-state index is 0.198. The summed E-state index contributed by atoms with van der Waals surface area (Å²) in [5.74, 6) is 0.920. The van der Waals surface area contributed by atoms with Gasteiger partial charge < -0.3 is 5.32 Å². The zero-order chi connectivity index (χ0) is 13.1. The van der Waals surface area contributed by atoms with Crippen LogP contribution < -0.4 is 5.32 Å². The molecule has 1 aromatic heterocycles. The number of rotatable bonds is 3. The van der Waals surface area contributed by atoms with Crippen LogP contribution in [0.4, 0.5) is 10.2 Å². The topological polar surface area (TPSA) is 37.8 Å². The van der Waals surface area contributed by atoms with Gasteiger partial charge in [-0.1, -0.05) is 29.8 Å². The highest BCUT2D eigenvalue weighted by atomic mass is 35.5. The second-order valence-electron chi connectivity index (χ2n) is 4.01. The van der Waals surface area contributed by atoms with Crippen LogP contribution in [0.15, 0.2) is 30.3 Å². The van der Waals surface area contributed by atoms with E-state index < -0.39 is 0 Å². The van der Waals surface area contributed by atoms with Crippen molar-refractivity contribution >= 4 is 17.4 Å². The fraction of sp³-hybridized carbons (Fsp3) is 0.231. The van der Waals surface area contributed by atoms with Gasteiger partial charge in [-0.05, 0) is 19.9 Å². The zero-order valence-corrected chi connectivity index (χ0v) is 10.9. The largest absolute Gasteiger partial charge is 0.363 e. The van der Waals surface area contributed by atoms with E-state index in [0.29, 0.717) is 22.4 Å². The molecule has 2 rings (SSSR count). The van der Waals surface area contributed by atoms with Crippen molar-refractivity contribution < 1.29 is 4.39 Å². The molecule has 0 spiro atoms. The molecule has 1 heterocycles. The number of nitrogens with one attached hydrogen (secondary N) is 1. The Bertz CT molecular complexity index is 539. The van der Waals surface area contributed by atoms with Gasteiger partial charge in [0.15, 0.2) is 0 Å². The Morgan fingerprint density at radius 2 is 2.00 bits per heavy atom. The van der Waals surface area contributed by atoms with Crippen molar-refractivity contribution in [2.75, 3.05) is 5.32 Å². The molecule has 0 saturated heterocycles. The molecule has 0 radical (unpaired) electrons. The van der Waals surface area contributed by atoms with Gasteiger partial charge in [0.1, 0.15) is 22.6 Å². The number of hydrogen-bond donors (Lipinski definition) is 1. The maximum Gasteiger partial charge on any atom is 0.134 e. The summed E-state index contributed by atoms with van der Waals surface area (Å²) in [5.41, 5.74) is 0.588. The minimum atomic E-state index is -0.241. The first-order chi connectivity index (χ1) is 8.56. The Labute approximate surface area is 110 Å². The van der Waals surface area contributed by atoms with E-state index in [1.165, 1.54) is 6.07 Å². The van der Waals surface area contributed by atoms with Gasteiger partial charge in [0.05, 0.1) is 6.04 Å². The molecule has 1 atom stereocenters. The van der Waals surface area contributed by atoms with Crippen molar-refractivity contribution in [1.29, 1.82) is 0 Å². The summed E-state index contributed by atoms with van der Waals surface area (Å²) < 4.78 is 13.6. The third kappa shape index (κ3) is 2.96. The number of aromatic nitrogens is 2. The Balaban J connectivity index is 2.21. The Morgan fingerprint density at radius 1 is 1.28 bits per heavy atom. The van der Waals surface area contributed by atoms with E-state index in [9.17, 15) is 4.39 Å². The van der Waals surface area contributed by atoms with E-state index in [-0.39, 0.29) is 11.9 Å². The Kier molecular flexibility index (Phi) is 3.77. The molecule has 5 heteroatoms. The monoisotopic (exact) mass is 265 g/mol. The molecule has 0 fully saturated rings. The van der Waals surface area contributed by atoms with Crippen molar-refractivity contribution in [2.24, 2.45) is 0 Å². The maximum absolute atomic E-state index is 13.6. The van der Waals surface area contributed by atoms with E-state index >= 15 is 0 Å². The number of benzene rings is 1. The van der Waals surface area contributed by atoms with E-state index in [1.54, 1.807) is 31.2 Å². The Hall–Kier alpha value is -1.68.